The molecule has 0 spiro atoms. The number of ether oxygens (including phenoxy) is 3. The lowest BCUT2D eigenvalue weighted by Crippen LogP contribution is -2.26. The van der Waals surface area contributed by atoms with Crippen molar-refractivity contribution in [2.75, 3.05) is 21.3 Å². The summed E-state index contributed by atoms with van der Waals surface area (Å²) in [6.45, 7) is 4.44. The van der Waals surface area contributed by atoms with Crippen molar-refractivity contribution in [1.82, 2.24) is 0 Å². The highest BCUT2D eigenvalue weighted by atomic mass is 16.5. The second-order valence-corrected chi connectivity index (χ2v) is 7.02. The zero-order chi connectivity index (χ0) is 19.0. The van der Waals surface area contributed by atoms with Gasteiger partial charge in [0.1, 0.15) is 0 Å². The summed E-state index contributed by atoms with van der Waals surface area (Å²) in [4.78, 5) is 0. The zero-order valence-electron chi connectivity index (χ0n) is 15.9. The molecule has 0 bridgehead atoms. The van der Waals surface area contributed by atoms with Gasteiger partial charge in [0, 0.05) is 5.92 Å². The molecule has 0 saturated heterocycles. The minimum absolute atomic E-state index is 0.00642. The molecule has 5 nitrogen and oxygen atoms in total. The van der Waals surface area contributed by atoms with Crippen molar-refractivity contribution in [2.24, 2.45) is 11.8 Å². The molecular weight excluding hydrogens is 332 g/mol. The predicted octanol–water partition coefficient (Wildman–Crippen LogP) is 4.08. The quantitative estimate of drug-likeness (QED) is 0.862. The molecule has 2 aromatic carbocycles. The van der Waals surface area contributed by atoms with Crippen molar-refractivity contribution in [1.29, 1.82) is 0 Å². The molecule has 0 heterocycles. The number of rotatable bonds is 4. The Balaban J connectivity index is 2.20. The summed E-state index contributed by atoms with van der Waals surface area (Å²) in [5.74, 6) is 2.22. The maximum atomic E-state index is 10.3. The summed E-state index contributed by atoms with van der Waals surface area (Å²) in [6, 6.07) is 7.42. The highest BCUT2D eigenvalue weighted by Gasteiger charge is 2.34. The Labute approximate surface area is 154 Å². The predicted molar refractivity (Wildman–Crippen MR) is 99.7 cm³/mol. The molecule has 1 aliphatic carbocycles. The van der Waals surface area contributed by atoms with Crippen LogP contribution in [0.15, 0.2) is 24.3 Å². The molecule has 2 aromatic rings. The van der Waals surface area contributed by atoms with Gasteiger partial charge in [-0.1, -0.05) is 13.8 Å². The minimum Gasteiger partial charge on any atom is -0.504 e. The van der Waals surface area contributed by atoms with E-state index in [2.05, 4.69) is 13.8 Å². The van der Waals surface area contributed by atoms with Crippen molar-refractivity contribution in [2.45, 2.75) is 26.2 Å². The van der Waals surface area contributed by atoms with Gasteiger partial charge in [-0.05, 0) is 59.2 Å². The van der Waals surface area contributed by atoms with E-state index in [4.69, 9.17) is 14.2 Å². The van der Waals surface area contributed by atoms with Crippen molar-refractivity contribution in [3.63, 3.8) is 0 Å². The Morgan fingerprint density at radius 1 is 0.846 bits per heavy atom. The van der Waals surface area contributed by atoms with Gasteiger partial charge in [-0.2, -0.15) is 0 Å². The van der Waals surface area contributed by atoms with E-state index in [1.165, 1.54) is 19.8 Å². The smallest absolute Gasteiger partial charge is 0.200 e. The first kappa shape index (κ1) is 18.2. The molecule has 0 fully saturated rings. The largest absolute Gasteiger partial charge is 0.504 e. The fourth-order valence-electron chi connectivity index (χ4n) is 3.98. The third kappa shape index (κ3) is 2.91. The average molecular weight is 358 g/mol. The molecule has 0 radical (unpaired) electrons. The van der Waals surface area contributed by atoms with Gasteiger partial charge >= 0.3 is 0 Å². The molecule has 0 saturated carbocycles. The average Bonchev–Trinajstić information content (AvgIpc) is 2.63. The molecule has 0 unspecified atom stereocenters. The molecule has 5 heteroatoms. The van der Waals surface area contributed by atoms with Crippen LogP contribution in [-0.2, 0) is 6.42 Å². The molecule has 26 heavy (non-hydrogen) atoms. The van der Waals surface area contributed by atoms with E-state index in [1.54, 1.807) is 13.2 Å². The standard InChI is InChI=1S/C21H26O5/c1-11-6-13-7-17(24-3)16(22)10-15(13)20(12(11)2)14-8-18(25-4)21(23)19(9-14)26-5/h7-12,20,22-23H,6H2,1-5H3/t11-,12-,20-/m0/s1. The molecule has 0 amide bonds. The minimum atomic E-state index is -0.00642. The van der Waals surface area contributed by atoms with Gasteiger partial charge in [0.2, 0.25) is 5.75 Å². The van der Waals surface area contributed by atoms with Crippen LogP contribution in [0.3, 0.4) is 0 Å². The number of aromatic hydroxyl groups is 2. The van der Waals surface area contributed by atoms with Crippen LogP contribution in [0.4, 0.5) is 0 Å². The van der Waals surface area contributed by atoms with E-state index in [0.717, 1.165) is 17.5 Å². The van der Waals surface area contributed by atoms with Crippen molar-refractivity contribution < 1.29 is 24.4 Å². The van der Waals surface area contributed by atoms with Crippen LogP contribution >= 0.6 is 0 Å². The van der Waals surface area contributed by atoms with Crippen LogP contribution in [0.5, 0.6) is 28.7 Å². The first-order valence-corrected chi connectivity index (χ1v) is 8.75. The van der Waals surface area contributed by atoms with Crippen LogP contribution in [-0.4, -0.2) is 31.5 Å². The molecule has 3 atom stereocenters. The Bertz CT molecular complexity index is 789. The van der Waals surface area contributed by atoms with Crippen LogP contribution in [0, 0.1) is 11.8 Å². The molecule has 0 aliphatic heterocycles. The number of benzene rings is 2. The molecule has 2 N–H and O–H groups in total. The van der Waals surface area contributed by atoms with Crippen LogP contribution in [0.1, 0.15) is 36.5 Å². The van der Waals surface area contributed by atoms with Crippen molar-refractivity contribution in [3.8, 4) is 28.7 Å². The van der Waals surface area contributed by atoms with E-state index >= 15 is 0 Å². The van der Waals surface area contributed by atoms with Crippen molar-refractivity contribution >= 4 is 0 Å². The van der Waals surface area contributed by atoms with Gasteiger partial charge in [-0.3, -0.25) is 0 Å². The van der Waals surface area contributed by atoms with Crippen LogP contribution in [0.2, 0.25) is 0 Å². The lowest BCUT2D eigenvalue weighted by molar-refractivity contribution is 0.315. The van der Waals surface area contributed by atoms with Gasteiger partial charge in [0.25, 0.3) is 0 Å². The topological polar surface area (TPSA) is 68.2 Å². The number of methoxy groups -OCH3 is 3. The fraction of sp³-hybridized carbons (Fsp3) is 0.429. The molecular formula is C21H26O5. The van der Waals surface area contributed by atoms with Crippen LogP contribution < -0.4 is 14.2 Å². The third-order valence-corrected chi connectivity index (χ3v) is 5.60. The van der Waals surface area contributed by atoms with E-state index in [-0.39, 0.29) is 17.4 Å². The lowest BCUT2D eigenvalue weighted by atomic mass is 9.68. The first-order chi connectivity index (χ1) is 12.4. The molecule has 0 aromatic heterocycles. The summed E-state index contributed by atoms with van der Waals surface area (Å²) in [7, 11) is 4.61. The third-order valence-electron chi connectivity index (χ3n) is 5.60. The van der Waals surface area contributed by atoms with Crippen LogP contribution in [0.25, 0.3) is 0 Å². The van der Waals surface area contributed by atoms with Gasteiger partial charge in [-0.25, -0.2) is 0 Å². The summed E-state index contributed by atoms with van der Waals surface area (Å²) >= 11 is 0. The summed E-state index contributed by atoms with van der Waals surface area (Å²) in [6.07, 6.45) is 0.927. The van der Waals surface area contributed by atoms with E-state index < -0.39 is 0 Å². The Morgan fingerprint density at radius 3 is 1.96 bits per heavy atom. The Morgan fingerprint density at radius 2 is 1.42 bits per heavy atom. The number of hydrogen-bond donors (Lipinski definition) is 2. The van der Waals surface area contributed by atoms with E-state index in [1.807, 2.05) is 18.2 Å². The monoisotopic (exact) mass is 358 g/mol. The second-order valence-electron chi connectivity index (χ2n) is 7.02. The van der Waals surface area contributed by atoms with Crippen molar-refractivity contribution in [3.05, 3.63) is 41.0 Å². The number of fused-ring (bicyclic) bond motifs is 1. The first-order valence-electron chi connectivity index (χ1n) is 8.75. The normalized spacial score (nSPS) is 21.8. The summed E-state index contributed by atoms with van der Waals surface area (Å²) in [5.41, 5.74) is 3.23. The van der Waals surface area contributed by atoms with E-state index in [0.29, 0.717) is 29.1 Å². The number of phenolic OH excluding ortho intramolecular Hbond substituents is 2. The number of hydrogen-bond acceptors (Lipinski definition) is 5. The summed E-state index contributed by atoms with van der Waals surface area (Å²) < 4.78 is 15.9. The highest BCUT2D eigenvalue weighted by molar-refractivity contribution is 5.57. The second kappa shape index (κ2) is 6.98. The van der Waals surface area contributed by atoms with Gasteiger partial charge in [0.15, 0.2) is 23.0 Å². The highest BCUT2D eigenvalue weighted by Crippen LogP contribution is 2.49. The molecule has 140 valence electrons. The maximum absolute atomic E-state index is 10.3. The molecule has 3 rings (SSSR count). The Hall–Kier alpha value is -2.56. The lowest BCUT2D eigenvalue weighted by Gasteiger charge is -2.37. The number of phenols is 2. The van der Waals surface area contributed by atoms with Gasteiger partial charge < -0.3 is 24.4 Å². The van der Waals surface area contributed by atoms with Gasteiger partial charge in [-0.15, -0.1) is 0 Å². The Kier molecular flexibility index (Phi) is 4.90. The maximum Gasteiger partial charge on any atom is 0.200 e. The zero-order valence-corrected chi connectivity index (χ0v) is 15.9. The van der Waals surface area contributed by atoms with E-state index in [9.17, 15) is 10.2 Å². The molecule has 1 aliphatic rings. The van der Waals surface area contributed by atoms with Gasteiger partial charge in [0.05, 0.1) is 21.3 Å². The summed E-state index contributed by atoms with van der Waals surface area (Å²) in [5, 5.41) is 20.5. The fourth-order valence-corrected chi connectivity index (χ4v) is 3.98. The SMILES string of the molecule is COc1cc2c(cc1O)[C@H](c1cc(OC)c(O)c(OC)c1)[C@@H](C)[C@@H](C)C2.